The normalized spacial score (nSPS) is 10.7. The highest BCUT2D eigenvalue weighted by molar-refractivity contribution is 5.50. The summed E-state index contributed by atoms with van der Waals surface area (Å²) in [4.78, 5) is 1.85. The summed E-state index contributed by atoms with van der Waals surface area (Å²) in [7, 11) is 0. The first-order valence-corrected chi connectivity index (χ1v) is 8.13. The molecule has 0 aromatic heterocycles. The van der Waals surface area contributed by atoms with Crippen LogP contribution in [0.1, 0.15) is 18.1 Å². The van der Waals surface area contributed by atoms with Gasteiger partial charge in [0.1, 0.15) is 5.82 Å². The van der Waals surface area contributed by atoms with Crippen molar-refractivity contribution in [3.8, 4) is 0 Å². The Labute approximate surface area is 137 Å². The van der Waals surface area contributed by atoms with E-state index in [4.69, 9.17) is 5.11 Å². The van der Waals surface area contributed by atoms with Gasteiger partial charge in [-0.1, -0.05) is 36.4 Å². The smallest absolute Gasteiger partial charge is 0.146 e. The predicted octanol–water partition coefficient (Wildman–Crippen LogP) is 2.98. The molecule has 2 aromatic rings. The number of likely N-dealkylation sites (N-methyl/N-ethyl adjacent to an activating group) is 1. The zero-order chi connectivity index (χ0) is 16.5. The average Bonchev–Trinajstić information content (AvgIpc) is 2.59. The van der Waals surface area contributed by atoms with E-state index in [1.807, 2.05) is 36.1 Å². The van der Waals surface area contributed by atoms with Crippen molar-refractivity contribution in [1.29, 1.82) is 0 Å². The highest BCUT2D eigenvalue weighted by Gasteiger charge is 2.10. The Hall–Kier alpha value is -1.91. The minimum Gasteiger partial charge on any atom is -0.395 e. The number of anilines is 1. The van der Waals surface area contributed by atoms with Gasteiger partial charge in [0.25, 0.3) is 0 Å². The van der Waals surface area contributed by atoms with E-state index in [0.717, 1.165) is 18.5 Å². The van der Waals surface area contributed by atoms with Crippen molar-refractivity contribution in [2.24, 2.45) is 0 Å². The first-order valence-electron chi connectivity index (χ1n) is 8.13. The van der Waals surface area contributed by atoms with Gasteiger partial charge in [0.2, 0.25) is 0 Å². The van der Waals surface area contributed by atoms with Crippen LogP contribution in [0.25, 0.3) is 0 Å². The van der Waals surface area contributed by atoms with Crippen LogP contribution in [0.2, 0.25) is 0 Å². The van der Waals surface area contributed by atoms with Crippen LogP contribution in [0.3, 0.4) is 0 Å². The van der Waals surface area contributed by atoms with Gasteiger partial charge >= 0.3 is 0 Å². The van der Waals surface area contributed by atoms with Crippen LogP contribution < -0.4 is 10.2 Å². The quantitative estimate of drug-likeness (QED) is 0.698. The van der Waals surface area contributed by atoms with Crippen molar-refractivity contribution in [1.82, 2.24) is 5.32 Å². The maximum atomic E-state index is 14.0. The molecule has 0 aliphatic rings. The first-order chi connectivity index (χ1) is 11.2. The number of nitrogens with one attached hydrogen (secondary N) is 1. The molecule has 0 atom stereocenters. The summed E-state index contributed by atoms with van der Waals surface area (Å²) in [6, 6.07) is 15.5. The molecule has 0 saturated heterocycles. The summed E-state index contributed by atoms with van der Waals surface area (Å²) in [5.41, 5.74) is 2.91. The number of aliphatic hydroxyl groups excluding tert-OH is 1. The second-order valence-corrected chi connectivity index (χ2v) is 5.50. The van der Waals surface area contributed by atoms with Crippen LogP contribution in [0.15, 0.2) is 48.5 Å². The molecule has 2 N–H and O–H groups in total. The lowest BCUT2D eigenvalue weighted by Crippen LogP contribution is -2.27. The van der Waals surface area contributed by atoms with Crippen LogP contribution >= 0.6 is 0 Å². The Morgan fingerprint density at radius 3 is 2.57 bits per heavy atom. The van der Waals surface area contributed by atoms with E-state index in [9.17, 15) is 4.39 Å². The topological polar surface area (TPSA) is 35.5 Å². The predicted molar refractivity (Wildman–Crippen MR) is 93.2 cm³/mol. The van der Waals surface area contributed by atoms with Gasteiger partial charge in [-0.3, -0.25) is 0 Å². The minimum absolute atomic E-state index is 0.0207. The van der Waals surface area contributed by atoms with Gasteiger partial charge in [-0.25, -0.2) is 4.39 Å². The fourth-order valence-corrected chi connectivity index (χ4v) is 2.59. The molecule has 2 rings (SSSR count). The number of aliphatic hydroxyl groups is 1. The first kappa shape index (κ1) is 17.4. The van der Waals surface area contributed by atoms with Crippen molar-refractivity contribution >= 4 is 5.69 Å². The third-order valence-electron chi connectivity index (χ3n) is 3.87. The van der Waals surface area contributed by atoms with E-state index >= 15 is 0 Å². The van der Waals surface area contributed by atoms with Crippen molar-refractivity contribution in [3.63, 3.8) is 0 Å². The average molecular weight is 316 g/mol. The largest absolute Gasteiger partial charge is 0.395 e. The molecule has 0 aliphatic carbocycles. The summed E-state index contributed by atoms with van der Waals surface area (Å²) in [6.45, 7) is 4.68. The molecule has 0 fully saturated rings. The summed E-state index contributed by atoms with van der Waals surface area (Å²) < 4.78 is 14.0. The van der Waals surface area contributed by atoms with Crippen molar-refractivity contribution in [3.05, 3.63) is 65.5 Å². The summed E-state index contributed by atoms with van der Waals surface area (Å²) in [5.74, 6) is -0.242. The zero-order valence-corrected chi connectivity index (χ0v) is 13.6. The molecule has 0 saturated carbocycles. The number of hydrogen-bond acceptors (Lipinski definition) is 3. The lowest BCUT2D eigenvalue weighted by Gasteiger charge is -2.23. The highest BCUT2D eigenvalue weighted by Crippen LogP contribution is 2.20. The lowest BCUT2D eigenvalue weighted by atomic mass is 10.1. The molecule has 0 unspecified atom stereocenters. The van der Waals surface area contributed by atoms with Gasteiger partial charge in [-0.15, -0.1) is 0 Å². The molecule has 0 aliphatic heterocycles. The summed E-state index contributed by atoms with van der Waals surface area (Å²) >= 11 is 0. The van der Waals surface area contributed by atoms with E-state index in [2.05, 4.69) is 17.4 Å². The van der Waals surface area contributed by atoms with Crippen LogP contribution in [-0.2, 0) is 13.0 Å². The molecular formula is C19H25FN2O. The number of rotatable bonds is 9. The van der Waals surface area contributed by atoms with Gasteiger partial charge in [-0.05, 0) is 43.1 Å². The van der Waals surface area contributed by atoms with Gasteiger partial charge in [0.15, 0.2) is 0 Å². The molecular weight excluding hydrogens is 291 g/mol. The molecule has 124 valence electrons. The van der Waals surface area contributed by atoms with E-state index in [0.29, 0.717) is 25.3 Å². The van der Waals surface area contributed by atoms with Gasteiger partial charge in [-0.2, -0.15) is 0 Å². The second-order valence-electron chi connectivity index (χ2n) is 5.50. The van der Waals surface area contributed by atoms with Crippen LogP contribution in [0, 0.1) is 5.82 Å². The standard InChI is InChI=1S/C19H25FN2O/c1-2-22(12-13-23)19-14-17(8-9-18(19)20)15-21-11-10-16-6-4-3-5-7-16/h3-9,14,21,23H,2,10-13,15H2,1H3. The van der Waals surface area contributed by atoms with Crippen LogP contribution in [-0.4, -0.2) is 31.3 Å². The monoisotopic (exact) mass is 316 g/mol. The number of nitrogens with zero attached hydrogens (tertiary/aromatic N) is 1. The molecule has 2 aromatic carbocycles. The fourth-order valence-electron chi connectivity index (χ4n) is 2.59. The Morgan fingerprint density at radius 2 is 1.87 bits per heavy atom. The number of hydrogen-bond donors (Lipinski definition) is 2. The van der Waals surface area contributed by atoms with Crippen molar-refractivity contribution in [2.45, 2.75) is 19.9 Å². The number of benzene rings is 2. The fraction of sp³-hybridized carbons (Fsp3) is 0.368. The highest BCUT2D eigenvalue weighted by atomic mass is 19.1. The minimum atomic E-state index is -0.242. The molecule has 0 radical (unpaired) electrons. The van der Waals surface area contributed by atoms with Crippen molar-refractivity contribution < 1.29 is 9.50 Å². The van der Waals surface area contributed by atoms with Crippen LogP contribution in [0.5, 0.6) is 0 Å². The third-order valence-corrected chi connectivity index (χ3v) is 3.87. The van der Waals surface area contributed by atoms with Crippen molar-refractivity contribution in [2.75, 3.05) is 31.1 Å². The third kappa shape index (κ3) is 5.34. The SMILES string of the molecule is CCN(CCO)c1cc(CNCCc2ccccc2)ccc1F. The lowest BCUT2D eigenvalue weighted by molar-refractivity contribution is 0.302. The summed E-state index contributed by atoms with van der Waals surface area (Å²) in [5, 5.41) is 12.5. The second kappa shape index (κ2) is 9.28. The molecule has 4 heteroatoms. The van der Waals surface area contributed by atoms with Gasteiger partial charge in [0, 0.05) is 19.6 Å². The van der Waals surface area contributed by atoms with Gasteiger partial charge < -0.3 is 15.3 Å². The molecule has 23 heavy (non-hydrogen) atoms. The Kier molecular flexibility index (Phi) is 7.04. The summed E-state index contributed by atoms with van der Waals surface area (Å²) in [6.07, 6.45) is 0.973. The van der Waals surface area contributed by atoms with Crippen LogP contribution in [0.4, 0.5) is 10.1 Å². The Bertz CT molecular complexity index is 589. The number of halogens is 1. The Balaban J connectivity index is 1.90. The molecule has 0 heterocycles. The Morgan fingerprint density at radius 1 is 1.09 bits per heavy atom. The molecule has 0 amide bonds. The van der Waals surface area contributed by atoms with E-state index in [-0.39, 0.29) is 12.4 Å². The molecule has 3 nitrogen and oxygen atoms in total. The zero-order valence-electron chi connectivity index (χ0n) is 13.6. The maximum absolute atomic E-state index is 14.0. The molecule has 0 bridgehead atoms. The van der Waals surface area contributed by atoms with E-state index in [1.165, 1.54) is 11.6 Å². The molecule has 0 spiro atoms. The maximum Gasteiger partial charge on any atom is 0.146 e. The van der Waals surface area contributed by atoms with Gasteiger partial charge in [0.05, 0.1) is 12.3 Å². The van der Waals surface area contributed by atoms with E-state index < -0.39 is 0 Å². The van der Waals surface area contributed by atoms with E-state index in [1.54, 1.807) is 6.07 Å².